The number of ether oxygens (including phenoxy) is 2. The minimum absolute atomic E-state index is 0.166. The first-order valence-electron chi connectivity index (χ1n) is 6.59. The van der Waals surface area contributed by atoms with Gasteiger partial charge in [-0.3, -0.25) is 10.1 Å². The molecule has 1 aromatic heterocycles. The van der Waals surface area contributed by atoms with E-state index in [2.05, 4.69) is 34.3 Å². The summed E-state index contributed by atoms with van der Waals surface area (Å²) in [6.07, 6.45) is 0. The van der Waals surface area contributed by atoms with Gasteiger partial charge in [0.1, 0.15) is 5.75 Å². The molecule has 0 bridgehead atoms. The molecule has 2 aromatic rings. The largest absolute Gasteiger partial charge is 0.493 e. The van der Waals surface area contributed by atoms with Crippen molar-refractivity contribution in [3.63, 3.8) is 0 Å². The highest BCUT2D eigenvalue weighted by Crippen LogP contribution is 2.15. The second kappa shape index (κ2) is 6.74. The highest BCUT2D eigenvalue weighted by Gasteiger charge is 2.10. The summed E-state index contributed by atoms with van der Waals surface area (Å²) < 4.78 is 10.4. The molecule has 1 amide bonds. The van der Waals surface area contributed by atoms with Crippen LogP contribution >= 0.6 is 0 Å². The predicted octanol–water partition coefficient (Wildman–Crippen LogP) is 2.10. The van der Waals surface area contributed by atoms with Crippen LogP contribution in [0.5, 0.6) is 11.8 Å². The number of rotatable bonds is 6. The second-order valence-electron chi connectivity index (χ2n) is 4.86. The first-order chi connectivity index (χ1) is 10.1. The normalized spacial score (nSPS) is 10.5. The Morgan fingerprint density at radius 3 is 2.90 bits per heavy atom. The molecule has 2 rings (SSSR count). The number of carbonyl (C=O) groups is 1. The molecule has 1 aromatic carbocycles. The van der Waals surface area contributed by atoms with Crippen LogP contribution in [0.1, 0.15) is 24.2 Å². The number of amides is 1. The number of methoxy groups -OCH3 is 1. The van der Waals surface area contributed by atoms with Crippen molar-refractivity contribution in [1.82, 2.24) is 15.2 Å². The highest BCUT2D eigenvalue weighted by atomic mass is 16.5. The Morgan fingerprint density at radius 2 is 2.24 bits per heavy atom. The van der Waals surface area contributed by atoms with Crippen LogP contribution in [0.2, 0.25) is 0 Å². The van der Waals surface area contributed by atoms with Crippen molar-refractivity contribution in [2.24, 2.45) is 5.92 Å². The Balaban J connectivity index is 2.03. The summed E-state index contributed by atoms with van der Waals surface area (Å²) in [5.74, 6) is 1.00. The van der Waals surface area contributed by atoms with Crippen molar-refractivity contribution in [2.45, 2.75) is 13.8 Å². The van der Waals surface area contributed by atoms with Crippen LogP contribution in [-0.2, 0) is 0 Å². The lowest BCUT2D eigenvalue weighted by molar-refractivity contribution is 0.102. The number of aromatic amines is 1. The molecule has 1 heterocycles. The van der Waals surface area contributed by atoms with Gasteiger partial charge in [0.2, 0.25) is 5.95 Å². The summed E-state index contributed by atoms with van der Waals surface area (Å²) in [6, 6.07) is 7.14. The number of aromatic nitrogens is 3. The van der Waals surface area contributed by atoms with Crippen molar-refractivity contribution in [2.75, 3.05) is 19.0 Å². The van der Waals surface area contributed by atoms with Crippen LogP contribution in [0.25, 0.3) is 0 Å². The van der Waals surface area contributed by atoms with Gasteiger partial charge in [0.15, 0.2) is 0 Å². The zero-order valence-corrected chi connectivity index (χ0v) is 12.2. The van der Waals surface area contributed by atoms with Gasteiger partial charge >= 0.3 is 6.01 Å². The Hall–Kier alpha value is -2.57. The Labute approximate surface area is 122 Å². The fourth-order valence-electron chi connectivity index (χ4n) is 1.56. The van der Waals surface area contributed by atoms with Crippen LogP contribution in [0.4, 0.5) is 5.95 Å². The molecule has 0 atom stereocenters. The van der Waals surface area contributed by atoms with Gasteiger partial charge < -0.3 is 9.47 Å². The SMILES string of the molecule is COc1n[nH]c(NC(=O)c2cccc(OCC(C)C)c2)n1. The molecule has 2 N–H and O–H groups in total. The molecular weight excluding hydrogens is 272 g/mol. The molecule has 112 valence electrons. The highest BCUT2D eigenvalue weighted by molar-refractivity contribution is 6.03. The van der Waals surface area contributed by atoms with E-state index < -0.39 is 0 Å². The lowest BCUT2D eigenvalue weighted by Gasteiger charge is -2.09. The van der Waals surface area contributed by atoms with Gasteiger partial charge in [0.05, 0.1) is 13.7 Å². The molecule has 0 aliphatic rings. The predicted molar refractivity (Wildman–Crippen MR) is 77.7 cm³/mol. The lowest BCUT2D eigenvalue weighted by Crippen LogP contribution is -2.13. The van der Waals surface area contributed by atoms with Crippen molar-refractivity contribution < 1.29 is 14.3 Å². The number of anilines is 1. The number of hydrogen-bond donors (Lipinski definition) is 2. The molecule has 0 aliphatic heterocycles. The number of nitrogens with zero attached hydrogens (tertiary/aromatic N) is 2. The second-order valence-corrected chi connectivity index (χ2v) is 4.86. The minimum atomic E-state index is -0.302. The van der Waals surface area contributed by atoms with E-state index in [9.17, 15) is 4.79 Å². The lowest BCUT2D eigenvalue weighted by atomic mass is 10.2. The van der Waals surface area contributed by atoms with Gasteiger partial charge in [-0.2, -0.15) is 4.98 Å². The molecule has 0 spiro atoms. The summed E-state index contributed by atoms with van der Waals surface area (Å²) in [5.41, 5.74) is 0.478. The number of carbonyl (C=O) groups excluding carboxylic acids is 1. The Kier molecular flexibility index (Phi) is 4.76. The van der Waals surface area contributed by atoms with Gasteiger partial charge in [0, 0.05) is 5.56 Å². The monoisotopic (exact) mass is 290 g/mol. The van der Waals surface area contributed by atoms with Crippen LogP contribution < -0.4 is 14.8 Å². The summed E-state index contributed by atoms with van der Waals surface area (Å²) in [4.78, 5) is 16.0. The van der Waals surface area contributed by atoms with E-state index in [-0.39, 0.29) is 17.9 Å². The van der Waals surface area contributed by atoms with Crippen LogP contribution in [-0.4, -0.2) is 34.8 Å². The maximum Gasteiger partial charge on any atom is 0.336 e. The molecule has 0 saturated heterocycles. The topological polar surface area (TPSA) is 89.1 Å². The summed E-state index contributed by atoms with van der Waals surface area (Å²) in [7, 11) is 1.45. The third-order valence-electron chi connectivity index (χ3n) is 2.56. The number of hydrogen-bond acceptors (Lipinski definition) is 5. The van der Waals surface area contributed by atoms with Crippen molar-refractivity contribution >= 4 is 11.9 Å². The average Bonchev–Trinajstić information content (AvgIpc) is 2.93. The zero-order chi connectivity index (χ0) is 15.2. The van der Waals surface area contributed by atoms with E-state index >= 15 is 0 Å². The maximum absolute atomic E-state index is 12.1. The number of nitrogens with one attached hydrogen (secondary N) is 2. The zero-order valence-electron chi connectivity index (χ0n) is 12.2. The van der Waals surface area contributed by atoms with Crippen molar-refractivity contribution in [1.29, 1.82) is 0 Å². The molecule has 7 heteroatoms. The minimum Gasteiger partial charge on any atom is -0.493 e. The third-order valence-corrected chi connectivity index (χ3v) is 2.56. The van der Waals surface area contributed by atoms with Gasteiger partial charge in [-0.05, 0) is 24.1 Å². The molecule has 0 radical (unpaired) electrons. The smallest absolute Gasteiger partial charge is 0.336 e. The first-order valence-corrected chi connectivity index (χ1v) is 6.59. The van der Waals surface area contributed by atoms with E-state index in [1.165, 1.54) is 7.11 Å². The number of benzene rings is 1. The molecule has 0 fully saturated rings. The van der Waals surface area contributed by atoms with E-state index in [1.54, 1.807) is 18.2 Å². The average molecular weight is 290 g/mol. The van der Waals surface area contributed by atoms with Crippen molar-refractivity contribution in [3.8, 4) is 11.8 Å². The fraction of sp³-hybridized carbons (Fsp3) is 0.357. The summed E-state index contributed by atoms with van der Waals surface area (Å²) >= 11 is 0. The fourth-order valence-corrected chi connectivity index (χ4v) is 1.56. The third kappa shape index (κ3) is 4.20. The summed E-state index contributed by atoms with van der Waals surface area (Å²) in [6.45, 7) is 4.73. The molecular formula is C14H18N4O3. The van der Waals surface area contributed by atoms with E-state index in [0.717, 1.165) is 0 Å². The molecule has 0 aliphatic carbocycles. The van der Waals surface area contributed by atoms with E-state index in [1.807, 2.05) is 6.07 Å². The van der Waals surface area contributed by atoms with Gasteiger partial charge in [-0.1, -0.05) is 19.9 Å². The van der Waals surface area contributed by atoms with Gasteiger partial charge in [0.25, 0.3) is 5.91 Å². The summed E-state index contributed by atoms with van der Waals surface area (Å²) in [5, 5.41) is 8.91. The van der Waals surface area contributed by atoms with Crippen LogP contribution in [0.3, 0.4) is 0 Å². The van der Waals surface area contributed by atoms with E-state index in [0.29, 0.717) is 23.8 Å². The number of H-pyrrole nitrogens is 1. The van der Waals surface area contributed by atoms with Crippen LogP contribution in [0.15, 0.2) is 24.3 Å². The molecule has 0 saturated carbocycles. The molecule has 21 heavy (non-hydrogen) atoms. The maximum atomic E-state index is 12.1. The van der Waals surface area contributed by atoms with Gasteiger partial charge in [-0.25, -0.2) is 5.10 Å². The first kappa shape index (κ1) is 14.8. The molecule has 0 unspecified atom stereocenters. The van der Waals surface area contributed by atoms with Gasteiger partial charge in [-0.15, -0.1) is 5.10 Å². The Morgan fingerprint density at radius 1 is 1.43 bits per heavy atom. The Bertz CT molecular complexity index is 610. The van der Waals surface area contributed by atoms with Crippen molar-refractivity contribution in [3.05, 3.63) is 29.8 Å². The molecule has 7 nitrogen and oxygen atoms in total. The van der Waals surface area contributed by atoms with Crippen LogP contribution in [0, 0.1) is 5.92 Å². The standard InChI is InChI=1S/C14H18N4O3/c1-9(2)8-21-11-6-4-5-10(7-11)12(19)15-13-16-14(20-3)18-17-13/h4-7,9H,8H2,1-3H3,(H2,15,16,17,18,19). The quantitative estimate of drug-likeness (QED) is 0.850. The van der Waals surface area contributed by atoms with E-state index in [4.69, 9.17) is 9.47 Å².